The van der Waals surface area contributed by atoms with Crippen molar-refractivity contribution in [3.63, 3.8) is 0 Å². The van der Waals surface area contributed by atoms with E-state index in [4.69, 9.17) is 0 Å². The van der Waals surface area contributed by atoms with E-state index in [2.05, 4.69) is 20.0 Å². The van der Waals surface area contributed by atoms with Crippen LogP contribution in [-0.2, 0) is 0 Å². The number of rotatable bonds is 4. The number of pyridine rings is 1. The second kappa shape index (κ2) is 7.12. The van der Waals surface area contributed by atoms with E-state index in [1.807, 2.05) is 0 Å². The highest BCUT2D eigenvalue weighted by Crippen LogP contribution is 2.31. The summed E-state index contributed by atoms with van der Waals surface area (Å²) in [5.41, 5.74) is 1.11. The number of nitrogens with one attached hydrogen (secondary N) is 1. The van der Waals surface area contributed by atoms with Gasteiger partial charge < -0.3 is 10.1 Å². The topological polar surface area (TPSA) is 64.1 Å². The largest absolute Gasteiger partial charge is 0.573 e. The van der Waals surface area contributed by atoms with Crippen LogP contribution >= 0.6 is 11.3 Å². The Labute approximate surface area is 150 Å². The second-order valence-electron chi connectivity index (χ2n) is 5.17. The molecule has 134 valence electrons. The third kappa shape index (κ3) is 4.37. The van der Waals surface area contributed by atoms with Crippen LogP contribution in [-0.4, -0.2) is 22.2 Å². The molecule has 0 bridgehead atoms. The molecule has 9 heteroatoms. The number of halogens is 3. The molecule has 3 rings (SSSR count). The molecular weight excluding hydrogens is 367 g/mol. The molecule has 0 spiro atoms. The number of aromatic nitrogens is 2. The SMILES string of the molecule is Cc1nc(-c2ccc(OC(F)(F)F)cc2)sc1C(=O)Nc1ccccn1. The molecule has 0 unspecified atom stereocenters. The van der Waals surface area contributed by atoms with E-state index >= 15 is 0 Å². The average Bonchev–Trinajstić information content (AvgIpc) is 2.97. The molecule has 0 saturated carbocycles. The number of benzene rings is 1. The van der Waals surface area contributed by atoms with Crippen LogP contribution in [0.1, 0.15) is 15.4 Å². The minimum Gasteiger partial charge on any atom is -0.406 e. The first-order valence-corrected chi connectivity index (χ1v) is 8.19. The van der Waals surface area contributed by atoms with E-state index in [-0.39, 0.29) is 11.7 Å². The molecule has 0 aliphatic carbocycles. The van der Waals surface area contributed by atoms with Crippen LogP contribution in [0.4, 0.5) is 19.0 Å². The summed E-state index contributed by atoms with van der Waals surface area (Å²) in [7, 11) is 0. The summed E-state index contributed by atoms with van der Waals surface area (Å²) < 4.78 is 40.5. The van der Waals surface area contributed by atoms with Crippen LogP contribution in [0, 0.1) is 6.92 Å². The molecule has 0 fully saturated rings. The summed E-state index contributed by atoms with van der Waals surface area (Å²) in [5.74, 6) is -0.245. The van der Waals surface area contributed by atoms with Crippen molar-refractivity contribution in [2.24, 2.45) is 0 Å². The number of nitrogens with zero attached hydrogens (tertiary/aromatic N) is 2. The van der Waals surface area contributed by atoms with Crippen LogP contribution in [0.5, 0.6) is 5.75 Å². The fourth-order valence-electron chi connectivity index (χ4n) is 2.14. The molecule has 2 aromatic heterocycles. The maximum atomic E-state index is 12.4. The van der Waals surface area contributed by atoms with E-state index in [1.165, 1.54) is 24.3 Å². The van der Waals surface area contributed by atoms with Gasteiger partial charge in [0.2, 0.25) is 0 Å². The lowest BCUT2D eigenvalue weighted by Crippen LogP contribution is -2.16. The lowest BCUT2D eigenvalue weighted by Gasteiger charge is -2.08. The molecule has 2 heterocycles. The quantitative estimate of drug-likeness (QED) is 0.716. The highest BCUT2D eigenvalue weighted by atomic mass is 32.1. The van der Waals surface area contributed by atoms with Crippen LogP contribution in [0.3, 0.4) is 0 Å². The molecule has 26 heavy (non-hydrogen) atoms. The molecule has 0 aliphatic heterocycles. The zero-order chi connectivity index (χ0) is 18.7. The Morgan fingerprint density at radius 2 is 1.88 bits per heavy atom. The van der Waals surface area contributed by atoms with Crippen LogP contribution < -0.4 is 10.1 Å². The van der Waals surface area contributed by atoms with Crippen molar-refractivity contribution in [2.75, 3.05) is 5.32 Å². The highest BCUT2D eigenvalue weighted by molar-refractivity contribution is 7.17. The van der Waals surface area contributed by atoms with Gasteiger partial charge >= 0.3 is 6.36 Å². The molecule has 5 nitrogen and oxygen atoms in total. The first-order valence-electron chi connectivity index (χ1n) is 7.38. The van der Waals surface area contributed by atoms with Crippen molar-refractivity contribution in [1.29, 1.82) is 0 Å². The van der Waals surface area contributed by atoms with E-state index in [0.29, 0.717) is 27.0 Å². The standard InChI is InChI=1S/C17H12F3N3O2S/c1-10-14(15(24)23-13-4-2-3-9-21-13)26-16(22-10)11-5-7-12(8-6-11)25-17(18,19)20/h2-9H,1H3,(H,21,23,24). The summed E-state index contributed by atoms with van der Waals surface area (Å²) in [5, 5.41) is 3.19. The number of carbonyl (C=O) groups excluding carboxylic acids is 1. The predicted octanol–water partition coefficient (Wildman–Crippen LogP) is 4.66. The van der Waals surface area contributed by atoms with Crippen LogP contribution in [0.25, 0.3) is 10.6 Å². The maximum Gasteiger partial charge on any atom is 0.573 e. The van der Waals surface area contributed by atoms with Gasteiger partial charge in [0, 0.05) is 11.8 Å². The normalized spacial score (nSPS) is 11.2. The Morgan fingerprint density at radius 1 is 1.15 bits per heavy atom. The van der Waals surface area contributed by atoms with Crippen molar-refractivity contribution in [3.8, 4) is 16.3 Å². The zero-order valence-corrected chi connectivity index (χ0v) is 14.2. The summed E-state index contributed by atoms with van der Waals surface area (Å²) in [6, 6.07) is 10.5. The van der Waals surface area contributed by atoms with Crippen LogP contribution in [0.15, 0.2) is 48.7 Å². The Balaban J connectivity index is 1.78. The minimum absolute atomic E-state index is 0.317. The zero-order valence-electron chi connectivity index (χ0n) is 13.4. The second-order valence-corrected chi connectivity index (χ2v) is 6.17. The van der Waals surface area contributed by atoms with Gasteiger partial charge in [0.05, 0.1) is 5.69 Å². The van der Waals surface area contributed by atoms with Gasteiger partial charge in [-0.1, -0.05) is 6.07 Å². The number of carbonyl (C=O) groups is 1. The molecule has 0 saturated heterocycles. The number of alkyl halides is 3. The van der Waals surface area contributed by atoms with Crippen molar-refractivity contribution >= 4 is 23.1 Å². The number of hydrogen-bond acceptors (Lipinski definition) is 5. The predicted molar refractivity (Wildman–Crippen MR) is 91.2 cm³/mol. The molecule has 3 aromatic rings. The summed E-state index contributed by atoms with van der Waals surface area (Å²) in [6.07, 6.45) is -3.18. The third-order valence-corrected chi connectivity index (χ3v) is 4.45. The molecule has 0 aliphatic rings. The smallest absolute Gasteiger partial charge is 0.406 e. The number of ether oxygens (including phenoxy) is 1. The van der Waals surface area contributed by atoms with E-state index < -0.39 is 6.36 Å². The van der Waals surface area contributed by atoms with E-state index in [9.17, 15) is 18.0 Å². The monoisotopic (exact) mass is 379 g/mol. The fraction of sp³-hybridized carbons (Fsp3) is 0.118. The summed E-state index contributed by atoms with van der Waals surface area (Å²) in [6.45, 7) is 1.69. The number of anilines is 1. The van der Waals surface area contributed by atoms with Gasteiger partial charge in [-0.05, 0) is 43.3 Å². The number of aryl methyl sites for hydroxylation is 1. The summed E-state index contributed by atoms with van der Waals surface area (Å²) in [4.78, 5) is 21.1. The van der Waals surface area contributed by atoms with Crippen molar-refractivity contribution in [1.82, 2.24) is 9.97 Å². The van der Waals surface area contributed by atoms with Crippen molar-refractivity contribution in [2.45, 2.75) is 13.3 Å². The Kier molecular flexibility index (Phi) is 4.90. The fourth-order valence-corrected chi connectivity index (χ4v) is 3.11. The Bertz CT molecular complexity index is 909. The van der Waals surface area contributed by atoms with Gasteiger partial charge in [-0.3, -0.25) is 4.79 Å². The van der Waals surface area contributed by atoms with Gasteiger partial charge in [0.1, 0.15) is 21.5 Å². The van der Waals surface area contributed by atoms with Gasteiger partial charge in [0.15, 0.2) is 0 Å². The number of thiazole rings is 1. The van der Waals surface area contributed by atoms with Gasteiger partial charge in [0.25, 0.3) is 5.91 Å². The van der Waals surface area contributed by atoms with Crippen molar-refractivity contribution < 1.29 is 22.7 Å². The number of hydrogen-bond donors (Lipinski definition) is 1. The number of amides is 1. The molecular formula is C17H12F3N3O2S. The molecule has 1 amide bonds. The molecule has 1 N–H and O–H groups in total. The molecule has 0 radical (unpaired) electrons. The van der Waals surface area contributed by atoms with Crippen molar-refractivity contribution in [3.05, 3.63) is 59.2 Å². The highest BCUT2D eigenvalue weighted by Gasteiger charge is 2.31. The maximum absolute atomic E-state index is 12.4. The van der Waals surface area contributed by atoms with Crippen LogP contribution in [0.2, 0.25) is 0 Å². The van der Waals surface area contributed by atoms with E-state index in [1.54, 1.807) is 31.3 Å². The Morgan fingerprint density at radius 3 is 2.50 bits per heavy atom. The van der Waals surface area contributed by atoms with Gasteiger partial charge in [-0.15, -0.1) is 24.5 Å². The van der Waals surface area contributed by atoms with E-state index in [0.717, 1.165) is 11.3 Å². The Hall–Kier alpha value is -2.94. The minimum atomic E-state index is -4.74. The molecule has 0 atom stereocenters. The van der Waals surface area contributed by atoms with Gasteiger partial charge in [-0.2, -0.15) is 0 Å². The average molecular weight is 379 g/mol. The lowest BCUT2D eigenvalue weighted by molar-refractivity contribution is -0.274. The van der Waals surface area contributed by atoms with Gasteiger partial charge in [-0.25, -0.2) is 9.97 Å². The third-order valence-electron chi connectivity index (χ3n) is 3.24. The summed E-state index contributed by atoms with van der Waals surface area (Å²) >= 11 is 1.14. The first-order chi connectivity index (χ1) is 12.3. The first kappa shape index (κ1) is 17.9. The lowest BCUT2D eigenvalue weighted by atomic mass is 10.2. The molecule has 1 aromatic carbocycles.